The first-order valence-corrected chi connectivity index (χ1v) is 9.73. The van der Waals surface area contributed by atoms with Crippen molar-refractivity contribution in [1.82, 2.24) is 0 Å². The van der Waals surface area contributed by atoms with E-state index in [9.17, 15) is 14.5 Å². The normalized spacial score (nSPS) is 10.7. The van der Waals surface area contributed by atoms with Crippen LogP contribution in [-0.4, -0.2) is 4.92 Å². The van der Waals surface area contributed by atoms with Crippen LogP contribution in [0.4, 0.5) is 10.1 Å². The number of hydrogen-bond donors (Lipinski definition) is 0. The monoisotopic (exact) mass is 447 g/mol. The highest BCUT2D eigenvalue weighted by atomic mass is 79.9. The van der Waals surface area contributed by atoms with Crippen LogP contribution < -0.4 is 0 Å². The molecule has 0 aliphatic carbocycles. The van der Waals surface area contributed by atoms with Gasteiger partial charge in [-0.3, -0.25) is 10.1 Å². The van der Waals surface area contributed by atoms with Gasteiger partial charge in [0.25, 0.3) is 0 Å². The van der Waals surface area contributed by atoms with Crippen molar-refractivity contribution in [3.63, 3.8) is 0 Å². The summed E-state index contributed by atoms with van der Waals surface area (Å²) < 4.78 is 15.8. The third-order valence-corrected chi connectivity index (χ3v) is 5.45. The fraction of sp³-hybridized carbons (Fsp3) is 0. The average molecular weight is 448 g/mol. The SMILES string of the molecule is O=[N+]([O-])c1cccc(-c2ccc(-c3ccccc3)cc2-c2ccccc2Br)c1F. The first-order valence-electron chi connectivity index (χ1n) is 8.94. The Labute approximate surface area is 175 Å². The molecule has 0 unspecified atom stereocenters. The van der Waals surface area contributed by atoms with E-state index in [1.807, 2.05) is 72.8 Å². The molecule has 4 aromatic carbocycles. The molecule has 4 rings (SSSR count). The van der Waals surface area contributed by atoms with Crippen LogP contribution in [0.25, 0.3) is 33.4 Å². The molecule has 0 N–H and O–H groups in total. The first kappa shape index (κ1) is 19.0. The molecule has 0 heterocycles. The summed E-state index contributed by atoms with van der Waals surface area (Å²) >= 11 is 3.57. The molecule has 0 aliphatic rings. The van der Waals surface area contributed by atoms with Crippen molar-refractivity contribution >= 4 is 21.6 Å². The van der Waals surface area contributed by atoms with Crippen LogP contribution >= 0.6 is 15.9 Å². The molecule has 142 valence electrons. The highest BCUT2D eigenvalue weighted by Gasteiger charge is 2.21. The van der Waals surface area contributed by atoms with E-state index in [2.05, 4.69) is 15.9 Å². The average Bonchev–Trinajstić information content (AvgIpc) is 2.74. The second-order valence-corrected chi connectivity index (χ2v) is 7.36. The Hall–Kier alpha value is -3.31. The minimum atomic E-state index is -0.835. The zero-order valence-corrected chi connectivity index (χ0v) is 16.8. The second-order valence-electron chi connectivity index (χ2n) is 6.50. The quantitative estimate of drug-likeness (QED) is 0.240. The molecule has 0 aromatic heterocycles. The van der Waals surface area contributed by atoms with Gasteiger partial charge in [0.05, 0.1) is 4.92 Å². The van der Waals surface area contributed by atoms with Crippen LogP contribution in [0.5, 0.6) is 0 Å². The van der Waals surface area contributed by atoms with Crippen molar-refractivity contribution in [2.24, 2.45) is 0 Å². The number of nitrogens with zero attached hydrogens (tertiary/aromatic N) is 1. The Morgan fingerprint density at radius 2 is 1.38 bits per heavy atom. The predicted molar refractivity (Wildman–Crippen MR) is 117 cm³/mol. The summed E-state index contributed by atoms with van der Waals surface area (Å²) in [6.45, 7) is 0. The molecule has 0 bridgehead atoms. The van der Waals surface area contributed by atoms with Crippen LogP contribution in [-0.2, 0) is 0 Å². The van der Waals surface area contributed by atoms with Gasteiger partial charge in [-0.2, -0.15) is 4.39 Å². The molecule has 0 amide bonds. The summed E-state index contributed by atoms with van der Waals surface area (Å²) in [6.07, 6.45) is 0. The van der Waals surface area contributed by atoms with Crippen molar-refractivity contribution in [1.29, 1.82) is 0 Å². The molecular weight excluding hydrogens is 433 g/mol. The molecule has 4 aromatic rings. The van der Waals surface area contributed by atoms with Crippen molar-refractivity contribution < 1.29 is 9.31 Å². The lowest BCUT2D eigenvalue weighted by Gasteiger charge is -2.15. The lowest BCUT2D eigenvalue weighted by Crippen LogP contribution is -1.96. The Morgan fingerprint density at radius 1 is 0.690 bits per heavy atom. The van der Waals surface area contributed by atoms with E-state index < -0.39 is 16.4 Å². The highest BCUT2D eigenvalue weighted by Crippen LogP contribution is 2.40. The first-order chi connectivity index (χ1) is 14.1. The predicted octanol–water partition coefficient (Wildman–Crippen LogP) is 7.50. The highest BCUT2D eigenvalue weighted by molar-refractivity contribution is 9.10. The van der Waals surface area contributed by atoms with Crippen LogP contribution in [0.1, 0.15) is 0 Å². The van der Waals surface area contributed by atoms with E-state index >= 15 is 0 Å². The van der Waals surface area contributed by atoms with Crippen molar-refractivity contribution in [3.05, 3.63) is 111 Å². The topological polar surface area (TPSA) is 43.1 Å². The Morgan fingerprint density at radius 3 is 2.10 bits per heavy atom. The van der Waals surface area contributed by atoms with E-state index in [1.165, 1.54) is 12.1 Å². The number of hydrogen-bond acceptors (Lipinski definition) is 2. The van der Waals surface area contributed by atoms with E-state index in [-0.39, 0.29) is 5.56 Å². The van der Waals surface area contributed by atoms with Gasteiger partial charge >= 0.3 is 5.69 Å². The molecule has 29 heavy (non-hydrogen) atoms. The molecule has 0 saturated carbocycles. The van der Waals surface area contributed by atoms with Crippen molar-refractivity contribution in [2.75, 3.05) is 0 Å². The Kier molecular flexibility index (Phi) is 5.23. The Bertz CT molecular complexity index is 1210. The summed E-state index contributed by atoms with van der Waals surface area (Å²) in [5.41, 5.74) is 3.94. The van der Waals surface area contributed by atoms with Gasteiger partial charge in [0.2, 0.25) is 5.82 Å². The second kappa shape index (κ2) is 7.97. The summed E-state index contributed by atoms with van der Waals surface area (Å²) in [5.74, 6) is -0.835. The number of rotatable bonds is 4. The van der Waals surface area contributed by atoms with Crippen LogP contribution in [0.3, 0.4) is 0 Å². The van der Waals surface area contributed by atoms with Gasteiger partial charge < -0.3 is 0 Å². The van der Waals surface area contributed by atoms with Crippen molar-refractivity contribution in [2.45, 2.75) is 0 Å². The van der Waals surface area contributed by atoms with E-state index in [0.717, 1.165) is 26.7 Å². The number of halogens is 2. The lowest BCUT2D eigenvalue weighted by molar-refractivity contribution is -0.387. The maximum atomic E-state index is 15.0. The molecule has 0 atom stereocenters. The molecular formula is C24H15BrFNO2. The van der Waals surface area contributed by atoms with Gasteiger partial charge in [-0.15, -0.1) is 0 Å². The van der Waals surface area contributed by atoms with Gasteiger partial charge in [0.1, 0.15) is 0 Å². The zero-order chi connectivity index (χ0) is 20.4. The van der Waals surface area contributed by atoms with E-state index in [0.29, 0.717) is 5.56 Å². The molecule has 5 heteroatoms. The maximum absolute atomic E-state index is 15.0. The van der Waals surface area contributed by atoms with E-state index in [1.54, 1.807) is 6.07 Å². The van der Waals surface area contributed by atoms with Crippen LogP contribution in [0.15, 0.2) is 95.5 Å². The summed E-state index contributed by atoms with van der Waals surface area (Å²) in [4.78, 5) is 10.5. The summed E-state index contributed by atoms with van der Waals surface area (Å²) in [7, 11) is 0. The zero-order valence-electron chi connectivity index (χ0n) is 15.2. The number of nitro groups is 1. The van der Waals surface area contributed by atoms with Crippen LogP contribution in [0.2, 0.25) is 0 Å². The molecule has 3 nitrogen and oxygen atoms in total. The maximum Gasteiger partial charge on any atom is 0.305 e. The van der Waals surface area contributed by atoms with Gasteiger partial charge in [-0.05, 0) is 39.9 Å². The van der Waals surface area contributed by atoms with Gasteiger partial charge in [0, 0.05) is 16.1 Å². The standard InChI is InChI=1S/C24H15BrFNO2/c25-22-11-5-4-9-19(22)21-15-17(16-7-2-1-3-8-16)13-14-18(21)20-10-6-12-23(24(20)26)27(28)29/h1-15H. The third kappa shape index (κ3) is 3.69. The fourth-order valence-electron chi connectivity index (χ4n) is 3.36. The summed E-state index contributed by atoms with van der Waals surface area (Å²) in [6, 6.07) is 27.5. The molecule has 0 saturated heterocycles. The van der Waals surface area contributed by atoms with Crippen LogP contribution in [0, 0.1) is 15.9 Å². The largest absolute Gasteiger partial charge is 0.305 e. The van der Waals surface area contributed by atoms with E-state index in [4.69, 9.17) is 0 Å². The Balaban J connectivity index is 1.99. The van der Waals surface area contributed by atoms with Gasteiger partial charge in [0.15, 0.2) is 0 Å². The summed E-state index contributed by atoms with van der Waals surface area (Å²) in [5, 5.41) is 11.2. The number of nitro benzene ring substituents is 1. The smallest absolute Gasteiger partial charge is 0.258 e. The number of benzene rings is 4. The van der Waals surface area contributed by atoms with Gasteiger partial charge in [-0.1, -0.05) is 88.7 Å². The minimum absolute atomic E-state index is 0.199. The molecule has 0 spiro atoms. The van der Waals surface area contributed by atoms with Crippen molar-refractivity contribution in [3.8, 4) is 33.4 Å². The molecule has 0 fully saturated rings. The minimum Gasteiger partial charge on any atom is -0.258 e. The fourth-order valence-corrected chi connectivity index (χ4v) is 3.86. The third-order valence-electron chi connectivity index (χ3n) is 4.76. The lowest BCUT2D eigenvalue weighted by atomic mass is 9.90. The molecule has 0 radical (unpaired) electrons. The van der Waals surface area contributed by atoms with Gasteiger partial charge in [-0.25, -0.2) is 0 Å². The molecule has 0 aliphatic heterocycles.